The molecule has 1 unspecified atom stereocenters. The number of benzene rings is 1. The highest BCUT2D eigenvalue weighted by Crippen LogP contribution is 2.13. The first kappa shape index (κ1) is 13.0. The average Bonchev–Trinajstić information content (AvgIpc) is 2.39. The third-order valence-electron chi connectivity index (χ3n) is 2.19. The number of methoxy groups -OCH3 is 1. The first-order valence-electron chi connectivity index (χ1n) is 5.16. The molecule has 0 radical (unpaired) electrons. The molecule has 0 saturated heterocycles. The fourth-order valence-electron chi connectivity index (χ4n) is 1.40. The van der Waals surface area contributed by atoms with E-state index in [1.807, 2.05) is 30.3 Å². The third kappa shape index (κ3) is 4.14. The van der Waals surface area contributed by atoms with Crippen LogP contribution in [0.3, 0.4) is 0 Å². The van der Waals surface area contributed by atoms with Crippen molar-refractivity contribution in [3.05, 3.63) is 46.3 Å². The second kappa shape index (κ2) is 7.27. The fraction of sp³-hybridized carbons (Fsp3) is 0.364. The number of carbonyl (C=O) groups excluding carboxylic acids is 1. The molecule has 0 aliphatic heterocycles. The molecule has 0 saturated carbocycles. The van der Waals surface area contributed by atoms with Crippen molar-refractivity contribution < 1.29 is 9.53 Å². The van der Waals surface area contributed by atoms with Gasteiger partial charge in [-0.2, -0.15) is 0 Å². The predicted molar refractivity (Wildman–Crippen MR) is 63.2 cm³/mol. The highest BCUT2D eigenvalue weighted by atomic mass is 16.5. The molecule has 17 heavy (non-hydrogen) atoms. The minimum Gasteiger partial charge on any atom is -0.468 e. The van der Waals surface area contributed by atoms with Crippen LogP contribution >= 0.6 is 0 Å². The van der Waals surface area contributed by atoms with E-state index in [1.54, 1.807) is 0 Å². The summed E-state index contributed by atoms with van der Waals surface area (Å²) in [7, 11) is 1.34. The molecule has 0 fully saturated rings. The van der Waals surface area contributed by atoms with Gasteiger partial charge < -0.3 is 10.1 Å². The lowest BCUT2D eigenvalue weighted by molar-refractivity contribution is -0.143. The van der Waals surface area contributed by atoms with Crippen molar-refractivity contribution in [3.63, 3.8) is 0 Å². The predicted octanol–water partition coefficient (Wildman–Crippen LogP) is 1.80. The van der Waals surface area contributed by atoms with Crippen LogP contribution in [0, 0.1) is 0 Å². The van der Waals surface area contributed by atoms with E-state index in [2.05, 4.69) is 15.3 Å². The van der Waals surface area contributed by atoms with Gasteiger partial charge in [-0.3, -0.25) is 0 Å². The van der Waals surface area contributed by atoms with Gasteiger partial charge in [-0.05, 0) is 11.1 Å². The molecule has 1 N–H and O–H groups in total. The molecule has 0 aromatic heterocycles. The molecule has 0 spiro atoms. The zero-order chi connectivity index (χ0) is 12.5. The number of rotatable bonds is 6. The van der Waals surface area contributed by atoms with E-state index in [0.29, 0.717) is 6.54 Å². The lowest BCUT2D eigenvalue weighted by atomic mass is 10.1. The molecule has 0 bridgehead atoms. The van der Waals surface area contributed by atoms with Gasteiger partial charge >= 0.3 is 5.97 Å². The molecule has 1 aromatic rings. The van der Waals surface area contributed by atoms with Crippen molar-refractivity contribution in [2.24, 2.45) is 5.11 Å². The molecule has 0 heterocycles. The number of carbonyl (C=O) groups is 1. The van der Waals surface area contributed by atoms with E-state index in [1.165, 1.54) is 7.11 Å². The Hall–Kier alpha value is -2.04. The van der Waals surface area contributed by atoms with Gasteiger partial charge in [0, 0.05) is 18.0 Å². The number of nitrogens with one attached hydrogen (secondary N) is 1. The summed E-state index contributed by atoms with van der Waals surface area (Å²) >= 11 is 0. The molecular formula is C11H14N4O2. The normalized spacial score (nSPS) is 11.4. The van der Waals surface area contributed by atoms with E-state index in [4.69, 9.17) is 10.3 Å². The molecule has 1 rings (SSSR count). The molecule has 6 nitrogen and oxygen atoms in total. The lowest BCUT2D eigenvalue weighted by Crippen LogP contribution is -2.31. The van der Waals surface area contributed by atoms with Crippen LogP contribution in [-0.2, 0) is 9.53 Å². The summed E-state index contributed by atoms with van der Waals surface area (Å²) in [6, 6.07) is 8.71. The van der Waals surface area contributed by atoms with Crippen molar-refractivity contribution in [1.82, 2.24) is 5.32 Å². The van der Waals surface area contributed by atoms with Gasteiger partial charge in [0.05, 0.1) is 7.11 Å². The molecule has 1 atom stereocenters. The molecule has 6 heteroatoms. The maximum absolute atomic E-state index is 11.6. The van der Waals surface area contributed by atoms with Gasteiger partial charge in [-0.1, -0.05) is 35.4 Å². The maximum atomic E-state index is 11.6. The average molecular weight is 234 g/mol. The lowest BCUT2D eigenvalue weighted by Gasteiger charge is -2.16. The minimum atomic E-state index is -0.532. The minimum absolute atomic E-state index is 0.289. The molecule has 0 amide bonds. The fourth-order valence-corrected chi connectivity index (χ4v) is 1.40. The van der Waals surface area contributed by atoms with Crippen molar-refractivity contribution >= 4 is 5.97 Å². The Morgan fingerprint density at radius 1 is 1.53 bits per heavy atom. The van der Waals surface area contributed by atoms with Crippen LogP contribution in [-0.4, -0.2) is 26.2 Å². The van der Waals surface area contributed by atoms with Crippen LogP contribution < -0.4 is 5.32 Å². The molecule has 0 aliphatic rings. The van der Waals surface area contributed by atoms with Gasteiger partial charge in [-0.25, -0.2) is 4.79 Å². The number of esters is 1. The molecular weight excluding hydrogens is 220 g/mol. The largest absolute Gasteiger partial charge is 0.468 e. The summed E-state index contributed by atoms with van der Waals surface area (Å²) in [5, 5.41) is 6.37. The highest BCUT2D eigenvalue weighted by Gasteiger charge is 2.19. The number of azide groups is 1. The van der Waals surface area contributed by atoms with Crippen molar-refractivity contribution in [2.75, 3.05) is 20.2 Å². The number of hydrogen-bond donors (Lipinski definition) is 1. The highest BCUT2D eigenvalue weighted by molar-refractivity contribution is 5.77. The summed E-state index contributed by atoms with van der Waals surface area (Å²) in [5.41, 5.74) is 8.96. The second-order valence-corrected chi connectivity index (χ2v) is 3.28. The first-order valence-corrected chi connectivity index (χ1v) is 5.16. The van der Waals surface area contributed by atoms with Gasteiger partial charge in [0.25, 0.3) is 0 Å². The second-order valence-electron chi connectivity index (χ2n) is 3.28. The van der Waals surface area contributed by atoms with Crippen LogP contribution in [0.4, 0.5) is 0 Å². The SMILES string of the molecule is COC(=O)C(NCCN=[N+]=[N-])c1ccccc1. The molecule has 1 aromatic carbocycles. The molecule has 90 valence electrons. The van der Waals surface area contributed by atoms with Crippen LogP contribution in [0.15, 0.2) is 35.4 Å². The Labute approximate surface area is 99.2 Å². The van der Waals surface area contributed by atoms with E-state index < -0.39 is 6.04 Å². The Morgan fingerprint density at radius 3 is 2.82 bits per heavy atom. The summed E-state index contributed by atoms with van der Waals surface area (Å²) < 4.78 is 4.72. The number of hydrogen-bond acceptors (Lipinski definition) is 4. The van der Waals surface area contributed by atoms with Crippen molar-refractivity contribution in [1.29, 1.82) is 0 Å². The van der Waals surface area contributed by atoms with Gasteiger partial charge in [0.2, 0.25) is 0 Å². The quantitative estimate of drug-likeness (QED) is 0.267. The zero-order valence-corrected chi connectivity index (χ0v) is 9.54. The third-order valence-corrected chi connectivity index (χ3v) is 2.19. The Balaban J connectivity index is 2.68. The van der Waals surface area contributed by atoms with Gasteiger partial charge in [-0.15, -0.1) is 0 Å². The summed E-state index contributed by atoms with van der Waals surface area (Å²) in [5.74, 6) is -0.364. The Morgan fingerprint density at radius 2 is 2.24 bits per heavy atom. The smallest absolute Gasteiger partial charge is 0.327 e. The first-order chi connectivity index (χ1) is 8.29. The number of nitrogens with zero attached hydrogens (tertiary/aromatic N) is 3. The van der Waals surface area contributed by atoms with Crippen LogP contribution in [0.2, 0.25) is 0 Å². The van der Waals surface area contributed by atoms with E-state index >= 15 is 0 Å². The summed E-state index contributed by atoms with van der Waals surface area (Å²) in [4.78, 5) is 14.2. The summed E-state index contributed by atoms with van der Waals surface area (Å²) in [6.07, 6.45) is 0. The number of ether oxygens (including phenoxy) is 1. The maximum Gasteiger partial charge on any atom is 0.327 e. The van der Waals surface area contributed by atoms with Crippen LogP contribution in [0.1, 0.15) is 11.6 Å². The van der Waals surface area contributed by atoms with Crippen LogP contribution in [0.5, 0.6) is 0 Å². The van der Waals surface area contributed by atoms with E-state index in [0.717, 1.165) is 5.56 Å². The zero-order valence-electron chi connectivity index (χ0n) is 9.54. The van der Waals surface area contributed by atoms with Crippen LogP contribution in [0.25, 0.3) is 10.4 Å². The standard InChI is InChI=1S/C11H14N4O2/c1-17-11(16)10(13-7-8-14-15-12)9-5-3-2-4-6-9/h2-6,10,13H,7-8H2,1H3. The molecule has 0 aliphatic carbocycles. The van der Waals surface area contributed by atoms with E-state index in [9.17, 15) is 4.79 Å². The van der Waals surface area contributed by atoms with Gasteiger partial charge in [0.15, 0.2) is 0 Å². The van der Waals surface area contributed by atoms with Crippen molar-refractivity contribution in [2.45, 2.75) is 6.04 Å². The van der Waals surface area contributed by atoms with Gasteiger partial charge in [0.1, 0.15) is 6.04 Å². The monoisotopic (exact) mass is 234 g/mol. The Bertz CT molecular complexity index is 401. The van der Waals surface area contributed by atoms with Crippen molar-refractivity contribution in [3.8, 4) is 0 Å². The summed E-state index contributed by atoms with van der Waals surface area (Å²) in [6.45, 7) is 0.704. The van der Waals surface area contributed by atoms with E-state index in [-0.39, 0.29) is 12.5 Å². The topological polar surface area (TPSA) is 87.1 Å². The Kier molecular flexibility index (Phi) is 5.57.